The zero-order chi connectivity index (χ0) is 15.5. The number of nitrogens with zero attached hydrogens (tertiary/aromatic N) is 2. The zero-order valence-corrected chi connectivity index (χ0v) is 13.2. The van der Waals surface area contributed by atoms with Crippen molar-refractivity contribution in [2.45, 2.75) is 10.6 Å². The summed E-state index contributed by atoms with van der Waals surface area (Å²) in [6.07, 6.45) is 0. The first-order chi connectivity index (χ1) is 11.4. The van der Waals surface area contributed by atoms with Gasteiger partial charge in [-0.15, -0.1) is 16.9 Å². The average Bonchev–Trinajstić information content (AvgIpc) is 3.10. The van der Waals surface area contributed by atoms with Gasteiger partial charge in [-0.05, 0) is 23.3 Å². The fourth-order valence-electron chi connectivity index (χ4n) is 2.57. The number of hydrogen-bond donors (Lipinski definition) is 1. The third-order valence-electron chi connectivity index (χ3n) is 3.69. The Bertz CT molecular complexity index is 931. The lowest BCUT2D eigenvalue weighted by molar-refractivity contribution is 0.959. The van der Waals surface area contributed by atoms with Crippen LogP contribution in [0.15, 0.2) is 71.6 Å². The molecule has 3 nitrogen and oxygen atoms in total. The van der Waals surface area contributed by atoms with Crippen LogP contribution in [-0.4, -0.2) is 15.4 Å². The lowest BCUT2D eigenvalue weighted by Gasteiger charge is -2.09. The smallest absolute Gasteiger partial charge is 0.120 e. The molecule has 1 N–H and O–H groups in total. The van der Waals surface area contributed by atoms with Crippen LogP contribution in [0, 0.1) is 6.07 Å². The van der Waals surface area contributed by atoms with Crippen LogP contribution in [0.5, 0.6) is 0 Å². The van der Waals surface area contributed by atoms with E-state index in [1.54, 1.807) is 11.8 Å². The van der Waals surface area contributed by atoms with Crippen molar-refractivity contribution in [3.05, 3.63) is 78.4 Å². The first kappa shape index (κ1) is 14.0. The Labute approximate surface area is 138 Å². The molecule has 0 unspecified atom stereocenters. The first-order valence-corrected chi connectivity index (χ1v) is 8.38. The average molecular weight is 316 g/mol. The standard InChI is InChI=1S/C19H14N3S/c1-2-7-14(8-3-1)13-23-18-12-5-4-9-15(18)16-10-6-11-17-19(16)21-22-20-17/h1-11H,13H2,(H,20,21,22). The molecule has 4 heteroatoms. The van der Waals surface area contributed by atoms with Crippen LogP contribution in [0.1, 0.15) is 5.56 Å². The molecule has 0 aliphatic carbocycles. The molecule has 3 aromatic carbocycles. The SMILES string of the molecule is [c]1cccc(-c2cccc3[nH]nnc23)c1SCc1ccccc1. The normalized spacial score (nSPS) is 11.0. The largest absolute Gasteiger partial charge is 0.258 e. The number of nitrogens with one attached hydrogen (secondary N) is 1. The van der Waals surface area contributed by atoms with Crippen LogP contribution in [0.25, 0.3) is 22.2 Å². The Morgan fingerprint density at radius 3 is 2.70 bits per heavy atom. The maximum atomic E-state index is 4.23. The van der Waals surface area contributed by atoms with Crippen LogP contribution in [0.2, 0.25) is 0 Å². The van der Waals surface area contributed by atoms with E-state index in [1.165, 1.54) is 5.56 Å². The molecule has 1 heterocycles. The van der Waals surface area contributed by atoms with Gasteiger partial charge in [-0.25, -0.2) is 0 Å². The summed E-state index contributed by atoms with van der Waals surface area (Å²) in [6.45, 7) is 0. The lowest BCUT2D eigenvalue weighted by atomic mass is 10.0. The molecule has 0 atom stereocenters. The molecule has 0 spiro atoms. The molecule has 4 aromatic rings. The third kappa shape index (κ3) is 2.85. The topological polar surface area (TPSA) is 41.6 Å². The number of H-pyrrole nitrogens is 1. The molecule has 0 amide bonds. The lowest BCUT2D eigenvalue weighted by Crippen LogP contribution is -1.86. The van der Waals surface area contributed by atoms with E-state index in [9.17, 15) is 0 Å². The number of hydrogen-bond acceptors (Lipinski definition) is 3. The molecule has 4 rings (SSSR count). The van der Waals surface area contributed by atoms with Gasteiger partial charge in [0.2, 0.25) is 0 Å². The number of benzene rings is 3. The molecule has 111 valence electrons. The highest BCUT2D eigenvalue weighted by atomic mass is 32.2. The quantitative estimate of drug-likeness (QED) is 0.554. The van der Waals surface area contributed by atoms with Gasteiger partial charge in [0, 0.05) is 16.2 Å². The van der Waals surface area contributed by atoms with Crippen molar-refractivity contribution in [2.24, 2.45) is 0 Å². The molecule has 0 aliphatic heterocycles. The van der Waals surface area contributed by atoms with Crippen LogP contribution in [-0.2, 0) is 5.75 Å². The van der Waals surface area contributed by atoms with Crippen molar-refractivity contribution in [3.8, 4) is 11.1 Å². The van der Waals surface area contributed by atoms with Crippen molar-refractivity contribution in [2.75, 3.05) is 0 Å². The minimum Gasteiger partial charge on any atom is -0.258 e. The van der Waals surface area contributed by atoms with Gasteiger partial charge in [0.15, 0.2) is 0 Å². The third-order valence-corrected chi connectivity index (χ3v) is 4.79. The number of thioether (sulfide) groups is 1. The van der Waals surface area contributed by atoms with E-state index in [4.69, 9.17) is 0 Å². The van der Waals surface area contributed by atoms with Gasteiger partial charge in [0.05, 0.1) is 5.52 Å². The summed E-state index contributed by atoms with van der Waals surface area (Å²) >= 11 is 1.79. The Kier molecular flexibility index (Phi) is 3.82. The van der Waals surface area contributed by atoms with E-state index in [0.717, 1.165) is 32.8 Å². The summed E-state index contributed by atoms with van der Waals surface area (Å²) in [6, 6.07) is 26.0. The summed E-state index contributed by atoms with van der Waals surface area (Å²) in [5.74, 6) is 0.920. The molecular weight excluding hydrogens is 302 g/mol. The van der Waals surface area contributed by atoms with E-state index in [2.05, 4.69) is 57.9 Å². The van der Waals surface area contributed by atoms with Gasteiger partial charge in [-0.3, -0.25) is 5.10 Å². The van der Waals surface area contributed by atoms with E-state index in [-0.39, 0.29) is 0 Å². The predicted molar refractivity (Wildman–Crippen MR) is 94.2 cm³/mol. The van der Waals surface area contributed by atoms with Crippen molar-refractivity contribution in [3.63, 3.8) is 0 Å². The molecule has 0 saturated carbocycles. The number of rotatable bonds is 4. The summed E-state index contributed by atoms with van der Waals surface area (Å²) < 4.78 is 0. The molecular formula is C19H14N3S. The predicted octanol–water partition coefficient (Wildman–Crippen LogP) is 4.72. The van der Waals surface area contributed by atoms with E-state index in [0.29, 0.717) is 0 Å². The Hall–Kier alpha value is -2.59. The van der Waals surface area contributed by atoms with E-state index < -0.39 is 0 Å². The van der Waals surface area contributed by atoms with Gasteiger partial charge >= 0.3 is 0 Å². The summed E-state index contributed by atoms with van der Waals surface area (Å²) in [4.78, 5) is 1.13. The Balaban J connectivity index is 1.71. The number of fused-ring (bicyclic) bond motifs is 1. The first-order valence-electron chi connectivity index (χ1n) is 7.39. The van der Waals surface area contributed by atoms with Crippen LogP contribution >= 0.6 is 11.8 Å². The fraction of sp³-hybridized carbons (Fsp3) is 0.0526. The Morgan fingerprint density at radius 1 is 0.913 bits per heavy atom. The molecule has 0 bridgehead atoms. The minimum atomic E-state index is 0.897. The highest BCUT2D eigenvalue weighted by molar-refractivity contribution is 7.98. The van der Waals surface area contributed by atoms with Crippen LogP contribution < -0.4 is 0 Å². The summed E-state index contributed by atoms with van der Waals surface area (Å²) in [5.41, 5.74) is 5.39. The van der Waals surface area contributed by atoms with Crippen LogP contribution in [0.4, 0.5) is 0 Å². The summed E-state index contributed by atoms with van der Waals surface area (Å²) in [5, 5.41) is 11.1. The van der Waals surface area contributed by atoms with Crippen molar-refractivity contribution in [1.29, 1.82) is 0 Å². The van der Waals surface area contributed by atoms with Crippen molar-refractivity contribution >= 4 is 22.8 Å². The minimum absolute atomic E-state index is 0.897. The second-order valence-corrected chi connectivity index (χ2v) is 6.19. The molecule has 0 fully saturated rings. The monoisotopic (exact) mass is 316 g/mol. The van der Waals surface area contributed by atoms with Crippen molar-refractivity contribution in [1.82, 2.24) is 15.4 Å². The van der Waals surface area contributed by atoms with Gasteiger partial charge in [-0.1, -0.05) is 65.9 Å². The highest BCUT2D eigenvalue weighted by Gasteiger charge is 2.11. The molecule has 1 radical (unpaired) electrons. The molecule has 0 saturated heterocycles. The van der Waals surface area contributed by atoms with Gasteiger partial charge in [0.1, 0.15) is 5.52 Å². The van der Waals surface area contributed by atoms with E-state index in [1.807, 2.05) is 30.3 Å². The molecule has 23 heavy (non-hydrogen) atoms. The van der Waals surface area contributed by atoms with Gasteiger partial charge < -0.3 is 0 Å². The van der Waals surface area contributed by atoms with E-state index >= 15 is 0 Å². The number of aromatic amines is 1. The number of aromatic nitrogens is 3. The summed E-state index contributed by atoms with van der Waals surface area (Å²) in [7, 11) is 0. The second-order valence-electron chi connectivity index (χ2n) is 5.20. The molecule has 0 aliphatic rings. The van der Waals surface area contributed by atoms with Gasteiger partial charge in [0.25, 0.3) is 0 Å². The van der Waals surface area contributed by atoms with Crippen molar-refractivity contribution < 1.29 is 0 Å². The maximum Gasteiger partial charge on any atom is 0.120 e. The zero-order valence-electron chi connectivity index (χ0n) is 12.4. The second kappa shape index (κ2) is 6.26. The van der Waals surface area contributed by atoms with Crippen LogP contribution in [0.3, 0.4) is 0 Å². The molecule has 1 aromatic heterocycles. The highest BCUT2D eigenvalue weighted by Crippen LogP contribution is 2.35. The van der Waals surface area contributed by atoms with Gasteiger partial charge in [-0.2, -0.15) is 0 Å². The maximum absolute atomic E-state index is 4.23. The fourth-order valence-corrected chi connectivity index (χ4v) is 3.56. The Morgan fingerprint density at radius 2 is 1.78 bits per heavy atom.